The molecule has 2 rings (SSSR count). The van der Waals surface area contributed by atoms with Gasteiger partial charge < -0.3 is 5.32 Å². The Hall–Kier alpha value is -0.820. The van der Waals surface area contributed by atoms with E-state index >= 15 is 0 Å². The topological polar surface area (TPSA) is 89.3 Å². The number of carbonyl (C=O) groups is 1. The smallest absolute Gasteiger partial charge is 0.254 e. The first-order valence-electron chi connectivity index (χ1n) is 6.09. The second-order valence-corrected chi connectivity index (χ2v) is 7.10. The van der Waals surface area contributed by atoms with Crippen LogP contribution in [-0.2, 0) is 10.0 Å². The number of carbonyl (C=O) groups excluding carboxylic acids is 1. The van der Waals surface area contributed by atoms with Gasteiger partial charge in [-0.05, 0) is 30.9 Å². The van der Waals surface area contributed by atoms with Gasteiger partial charge in [-0.2, -0.15) is 0 Å². The summed E-state index contributed by atoms with van der Waals surface area (Å²) >= 11 is 11.9. The molecule has 110 valence electrons. The van der Waals surface area contributed by atoms with E-state index in [2.05, 4.69) is 5.32 Å². The van der Waals surface area contributed by atoms with Gasteiger partial charge in [-0.15, -0.1) is 0 Å². The van der Waals surface area contributed by atoms with E-state index in [1.165, 1.54) is 18.6 Å². The van der Waals surface area contributed by atoms with Gasteiger partial charge in [0.25, 0.3) is 5.91 Å². The number of amides is 1. The number of primary sulfonamides is 1. The fourth-order valence-electron chi connectivity index (χ4n) is 1.98. The van der Waals surface area contributed by atoms with Gasteiger partial charge in [0, 0.05) is 6.54 Å². The lowest BCUT2D eigenvalue weighted by Gasteiger charge is -2.25. The number of nitrogens with one attached hydrogen (secondary N) is 1. The molecule has 0 radical (unpaired) electrons. The van der Waals surface area contributed by atoms with Crippen molar-refractivity contribution >= 4 is 39.1 Å². The van der Waals surface area contributed by atoms with Crippen molar-refractivity contribution in [3.63, 3.8) is 0 Å². The summed E-state index contributed by atoms with van der Waals surface area (Å²) in [7, 11) is -4.00. The number of nitrogens with two attached hydrogens (primary N) is 1. The van der Waals surface area contributed by atoms with Gasteiger partial charge in [-0.3, -0.25) is 4.79 Å². The number of hydrogen-bond acceptors (Lipinski definition) is 3. The molecule has 1 aliphatic rings. The molecule has 1 aromatic carbocycles. The van der Waals surface area contributed by atoms with E-state index in [1.54, 1.807) is 0 Å². The van der Waals surface area contributed by atoms with Crippen LogP contribution in [0, 0.1) is 5.92 Å². The zero-order valence-corrected chi connectivity index (χ0v) is 12.9. The molecule has 0 bridgehead atoms. The molecule has 1 aromatic rings. The van der Waals surface area contributed by atoms with Crippen LogP contribution in [0.3, 0.4) is 0 Å². The summed E-state index contributed by atoms with van der Waals surface area (Å²) in [6.07, 6.45) is 3.33. The van der Waals surface area contributed by atoms with Crippen LogP contribution >= 0.6 is 23.2 Å². The number of halogens is 2. The first-order chi connectivity index (χ1) is 9.30. The van der Waals surface area contributed by atoms with Crippen molar-refractivity contribution in [3.05, 3.63) is 27.7 Å². The lowest BCUT2D eigenvalue weighted by molar-refractivity contribution is 0.0939. The highest BCUT2D eigenvalue weighted by Crippen LogP contribution is 2.31. The predicted molar refractivity (Wildman–Crippen MR) is 77.5 cm³/mol. The minimum Gasteiger partial charge on any atom is -0.352 e. The van der Waals surface area contributed by atoms with Gasteiger partial charge in [0.05, 0.1) is 15.6 Å². The van der Waals surface area contributed by atoms with Gasteiger partial charge in [0.15, 0.2) is 0 Å². The largest absolute Gasteiger partial charge is 0.352 e. The number of rotatable bonds is 4. The minimum atomic E-state index is -4.00. The van der Waals surface area contributed by atoms with E-state index in [0.717, 1.165) is 12.8 Å². The molecule has 20 heavy (non-hydrogen) atoms. The molecule has 1 saturated carbocycles. The number of benzene rings is 1. The van der Waals surface area contributed by atoms with Crippen molar-refractivity contribution in [1.29, 1.82) is 0 Å². The lowest BCUT2D eigenvalue weighted by atomic mass is 9.85. The molecule has 1 amide bonds. The van der Waals surface area contributed by atoms with Crippen molar-refractivity contribution in [3.8, 4) is 0 Å². The van der Waals surface area contributed by atoms with Crippen molar-refractivity contribution in [2.24, 2.45) is 11.1 Å². The number of hydrogen-bond donors (Lipinski definition) is 2. The Labute approximate surface area is 127 Å². The van der Waals surface area contributed by atoms with Crippen molar-refractivity contribution in [2.75, 3.05) is 6.54 Å². The third-order valence-corrected chi connectivity index (χ3v) is 5.14. The van der Waals surface area contributed by atoms with Crippen LogP contribution in [0.15, 0.2) is 17.0 Å². The highest BCUT2D eigenvalue weighted by Gasteiger charge is 2.24. The maximum absolute atomic E-state index is 12.1. The first kappa shape index (κ1) is 15.6. The summed E-state index contributed by atoms with van der Waals surface area (Å²) in [4.78, 5) is 11.8. The Balaban J connectivity index is 2.27. The van der Waals surface area contributed by atoms with E-state index in [1.807, 2.05) is 0 Å². The first-order valence-corrected chi connectivity index (χ1v) is 8.40. The molecule has 0 aromatic heterocycles. The molecule has 1 aliphatic carbocycles. The second-order valence-electron chi connectivity index (χ2n) is 4.79. The summed E-state index contributed by atoms with van der Waals surface area (Å²) in [5.74, 6) is -0.0182. The predicted octanol–water partition coefficient (Wildman–Crippen LogP) is 2.17. The monoisotopic (exact) mass is 336 g/mol. The van der Waals surface area contributed by atoms with Gasteiger partial charge in [0.2, 0.25) is 10.0 Å². The number of sulfonamides is 1. The Morgan fingerprint density at radius 3 is 2.50 bits per heavy atom. The van der Waals surface area contributed by atoms with Crippen LogP contribution in [0.25, 0.3) is 0 Å². The van der Waals surface area contributed by atoms with E-state index in [4.69, 9.17) is 28.3 Å². The summed E-state index contributed by atoms with van der Waals surface area (Å²) in [6.45, 7) is 0.533. The minimum absolute atomic E-state index is 0.0563. The highest BCUT2D eigenvalue weighted by atomic mass is 35.5. The van der Waals surface area contributed by atoms with Gasteiger partial charge >= 0.3 is 0 Å². The quantitative estimate of drug-likeness (QED) is 0.882. The Morgan fingerprint density at radius 1 is 1.35 bits per heavy atom. The normalized spacial score (nSPS) is 15.8. The maximum Gasteiger partial charge on any atom is 0.254 e. The Bertz CT molecular complexity index is 642. The summed E-state index contributed by atoms with van der Waals surface area (Å²) in [5, 5.41) is 7.61. The fourth-order valence-corrected chi connectivity index (χ4v) is 3.46. The van der Waals surface area contributed by atoms with E-state index in [-0.39, 0.29) is 20.5 Å². The van der Waals surface area contributed by atoms with Gasteiger partial charge in [-0.25, -0.2) is 13.6 Å². The average Bonchev–Trinajstić information content (AvgIpc) is 2.24. The van der Waals surface area contributed by atoms with E-state index in [9.17, 15) is 13.2 Å². The van der Waals surface area contributed by atoms with Crippen molar-refractivity contribution < 1.29 is 13.2 Å². The molecule has 0 spiro atoms. The summed E-state index contributed by atoms with van der Waals surface area (Å²) < 4.78 is 22.8. The molecular weight excluding hydrogens is 323 g/mol. The van der Waals surface area contributed by atoms with Crippen LogP contribution in [0.5, 0.6) is 0 Å². The van der Waals surface area contributed by atoms with E-state index < -0.39 is 15.9 Å². The molecule has 3 N–H and O–H groups in total. The second kappa shape index (κ2) is 5.89. The Morgan fingerprint density at radius 2 is 2.00 bits per heavy atom. The summed E-state index contributed by atoms with van der Waals surface area (Å²) in [6, 6.07) is 2.48. The van der Waals surface area contributed by atoms with E-state index in [0.29, 0.717) is 12.5 Å². The molecule has 1 fully saturated rings. The molecule has 0 saturated heterocycles. The molecule has 5 nitrogen and oxygen atoms in total. The zero-order valence-electron chi connectivity index (χ0n) is 10.5. The SMILES string of the molecule is NS(=O)(=O)c1ccc(Cl)c(C(=O)NCC2CCC2)c1Cl. The summed E-state index contributed by atoms with van der Waals surface area (Å²) in [5.41, 5.74) is -0.0563. The third kappa shape index (κ3) is 3.25. The van der Waals surface area contributed by atoms with Crippen LogP contribution in [0.1, 0.15) is 29.6 Å². The van der Waals surface area contributed by atoms with Crippen molar-refractivity contribution in [1.82, 2.24) is 5.32 Å². The zero-order chi connectivity index (χ0) is 14.9. The molecule has 0 atom stereocenters. The van der Waals surface area contributed by atoms with Crippen LogP contribution in [-0.4, -0.2) is 20.9 Å². The Kier molecular flexibility index (Phi) is 4.59. The van der Waals surface area contributed by atoms with Crippen LogP contribution in [0.2, 0.25) is 10.0 Å². The van der Waals surface area contributed by atoms with Gasteiger partial charge in [-0.1, -0.05) is 29.6 Å². The van der Waals surface area contributed by atoms with Crippen molar-refractivity contribution in [2.45, 2.75) is 24.2 Å². The lowest BCUT2D eigenvalue weighted by Crippen LogP contribution is -2.32. The fraction of sp³-hybridized carbons (Fsp3) is 0.417. The molecule has 0 unspecified atom stereocenters. The van der Waals surface area contributed by atoms with Crippen LogP contribution < -0.4 is 10.5 Å². The molecule has 0 heterocycles. The maximum atomic E-state index is 12.1. The van der Waals surface area contributed by atoms with Gasteiger partial charge in [0.1, 0.15) is 4.90 Å². The standard InChI is InChI=1S/C12H14Cl2N2O3S/c13-8-4-5-9(20(15,18)19)11(14)10(8)12(17)16-6-7-2-1-3-7/h4-5,7H,1-3,6H2,(H,16,17)(H2,15,18,19). The highest BCUT2D eigenvalue weighted by molar-refractivity contribution is 7.89. The van der Waals surface area contributed by atoms with Crippen LogP contribution in [0.4, 0.5) is 0 Å². The third-order valence-electron chi connectivity index (χ3n) is 3.37. The molecular formula is C12H14Cl2N2O3S. The average molecular weight is 337 g/mol. The molecule has 0 aliphatic heterocycles. The molecule has 8 heteroatoms.